The van der Waals surface area contributed by atoms with E-state index in [0.717, 1.165) is 0 Å². The Kier molecular flexibility index (Phi) is 10.6. The Labute approximate surface area is 209 Å². The lowest BCUT2D eigenvalue weighted by molar-refractivity contribution is -0.142. The highest BCUT2D eigenvalue weighted by Crippen LogP contribution is 2.11. The molecule has 36 heavy (non-hydrogen) atoms. The molecule has 8 N–H and O–H groups in total. The van der Waals surface area contributed by atoms with Crippen molar-refractivity contribution in [2.24, 2.45) is 17.6 Å². The van der Waals surface area contributed by atoms with Gasteiger partial charge in [-0.3, -0.25) is 14.4 Å². The molecule has 5 atom stereocenters. The van der Waals surface area contributed by atoms with E-state index >= 15 is 0 Å². The zero-order valence-corrected chi connectivity index (χ0v) is 20.9. The highest BCUT2D eigenvalue weighted by atomic mass is 16.4. The molecule has 5 unspecified atom stereocenters. The van der Waals surface area contributed by atoms with Gasteiger partial charge in [0.25, 0.3) is 0 Å². The molecule has 3 amide bonds. The topological polar surface area (TPSA) is 208 Å². The maximum Gasteiger partial charge on any atom is 0.326 e. The van der Waals surface area contributed by atoms with Gasteiger partial charge in [0.2, 0.25) is 17.7 Å². The fourth-order valence-electron chi connectivity index (χ4n) is 3.43. The van der Waals surface area contributed by atoms with Crippen LogP contribution < -0.4 is 21.7 Å². The number of amides is 3. The minimum absolute atomic E-state index is 0.0234. The Balaban J connectivity index is 2.22. The predicted octanol–water partition coefficient (Wildman–Crippen LogP) is -0.514. The minimum Gasteiger partial charge on any atom is -0.480 e. The molecule has 0 aromatic carbocycles. The van der Waals surface area contributed by atoms with Gasteiger partial charge in [0.15, 0.2) is 0 Å². The lowest BCUT2D eigenvalue weighted by atomic mass is 9.96. The summed E-state index contributed by atoms with van der Waals surface area (Å²) in [4.78, 5) is 64.3. The van der Waals surface area contributed by atoms with Gasteiger partial charge >= 0.3 is 5.97 Å². The van der Waals surface area contributed by atoms with Crippen LogP contribution in [0.5, 0.6) is 0 Å². The van der Waals surface area contributed by atoms with E-state index in [-0.39, 0.29) is 24.7 Å². The first-order valence-corrected chi connectivity index (χ1v) is 11.9. The van der Waals surface area contributed by atoms with Crippen LogP contribution in [-0.2, 0) is 32.0 Å². The molecule has 2 heterocycles. The fourth-order valence-corrected chi connectivity index (χ4v) is 3.43. The molecule has 0 radical (unpaired) electrons. The average molecular weight is 505 g/mol. The van der Waals surface area contributed by atoms with E-state index in [1.165, 1.54) is 25.0 Å². The first-order valence-electron chi connectivity index (χ1n) is 11.9. The van der Waals surface area contributed by atoms with Gasteiger partial charge in [-0.15, -0.1) is 0 Å². The molecule has 0 saturated heterocycles. The Morgan fingerprint density at radius 1 is 0.889 bits per heavy atom. The van der Waals surface area contributed by atoms with Gasteiger partial charge in [0.05, 0.1) is 18.7 Å². The van der Waals surface area contributed by atoms with Gasteiger partial charge in [-0.25, -0.2) is 14.8 Å². The molecule has 0 aliphatic carbocycles. The quantitative estimate of drug-likeness (QED) is 0.178. The van der Waals surface area contributed by atoms with Gasteiger partial charge < -0.3 is 36.8 Å². The number of nitrogens with zero attached hydrogens (tertiary/aromatic N) is 2. The largest absolute Gasteiger partial charge is 0.480 e. The number of hydrogen-bond acceptors (Lipinski definition) is 7. The number of carboxylic acids is 1. The normalized spacial score (nSPS) is 15.4. The van der Waals surface area contributed by atoms with Crippen LogP contribution in [0.15, 0.2) is 25.0 Å². The molecule has 13 heteroatoms. The van der Waals surface area contributed by atoms with E-state index in [1.54, 1.807) is 20.8 Å². The summed E-state index contributed by atoms with van der Waals surface area (Å²) < 4.78 is 0. The van der Waals surface area contributed by atoms with Crippen molar-refractivity contribution in [1.82, 2.24) is 35.9 Å². The molecule has 198 valence electrons. The number of carbonyl (C=O) groups excluding carboxylic acids is 3. The summed E-state index contributed by atoms with van der Waals surface area (Å²) in [5, 5.41) is 17.5. The second-order valence-electron chi connectivity index (χ2n) is 9.16. The van der Waals surface area contributed by atoms with Crippen LogP contribution in [0.4, 0.5) is 0 Å². The fraction of sp³-hybridized carbons (Fsp3) is 0.565. The van der Waals surface area contributed by atoms with Crippen LogP contribution in [0.25, 0.3) is 0 Å². The monoisotopic (exact) mass is 504 g/mol. The van der Waals surface area contributed by atoms with Crippen LogP contribution >= 0.6 is 0 Å². The Morgan fingerprint density at radius 3 is 1.86 bits per heavy atom. The summed E-state index contributed by atoms with van der Waals surface area (Å²) >= 11 is 0. The predicted molar refractivity (Wildman–Crippen MR) is 130 cm³/mol. The number of imidazole rings is 2. The van der Waals surface area contributed by atoms with Gasteiger partial charge in [0.1, 0.15) is 18.1 Å². The molecular weight excluding hydrogens is 468 g/mol. The van der Waals surface area contributed by atoms with Crippen molar-refractivity contribution < 1.29 is 24.3 Å². The van der Waals surface area contributed by atoms with E-state index in [4.69, 9.17) is 5.73 Å². The van der Waals surface area contributed by atoms with Crippen molar-refractivity contribution in [2.45, 2.75) is 71.1 Å². The minimum atomic E-state index is -1.26. The third-order valence-electron chi connectivity index (χ3n) is 6.02. The van der Waals surface area contributed by atoms with E-state index < -0.39 is 47.9 Å². The third-order valence-corrected chi connectivity index (χ3v) is 6.02. The van der Waals surface area contributed by atoms with Gasteiger partial charge in [0, 0.05) is 36.6 Å². The first kappa shape index (κ1) is 28.5. The highest BCUT2D eigenvalue weighted by Gasteiger charge is 2.33. The number of nitrogens with two attached hydrogens (primary N) is 1. The number of carboxylic acid groups (broad SMARTS) is 1. The van der Waals surface area contributed by atoms with Crippen molar-refractivity contribution in [3.05, 3.63) is 36.4 Å². The molecule has 13 nitrogen and oxygen atoms in total. The number of aromatic nitrogens is 4. The summed E-state index contributed by atoms with van der Waals surface area (Å²) in [7, 11) is 0. The lowest BCUT2D eigenvalue weighted by Crippen LogP contribution is -2.59. The zero-order valence-electron chi connectivity index (χ0n) is 20.9. The van der Waals surface area contributed by atoms with Gasteiger partial charge in [-0.2, -0.15) is 0 Å². The van der Waals surface area contributed by atoms with Gasteiger partial charge in [-0.05, 0) is 11.8 Å². The van der Waals surface area contributed by atoms with Crippen molar-refractivity contribution in [3.8, 4) is 0 Å². The van der Waals surface area contributed by atoms with Crippen LogP contribution in [0, 0.1) is 11.8 Å². The van der Waals surface area contributed by atoms with Crippen LogP contribution in [0.3, 0.4) is 0 Å². The molecule has 0 saturated carbocycles. The van der Waals surface area contributed by atoms with E-state index in [9.17, 15) is 24.3 Å². The van der Waals surface area contributed by atoms with E-state index in [2.05, 4.69) is 35.9 Å². The second-order valence-corrected chi connectivity index (χ2v) is 9.16. The molecule has 0 aliphatic heterocycles. The van der Waals surface area contributed by atoms with Crippen molar-refractivity contribution >= 4 is 23.7 Å². The first-order chi connectivity index (χ1) is 17.0. The van der Waals surface area contributed by atoms with Crippen LogP contribution in [0.1, 0.15) is 45.5 Å². The number of rotatable bonds is 14. The second kappa shape index (κ2) is 13.4. The number of aromatic amines is 2. The lowest BCUT2D eigenvalue weighted by Gasteiger charge is -2.28. The van der Waals surface area contributed by atoms with Crippen LogP contribution in [-0.4, -0.2) is 72.9 Å². The number of nitrogens with one attached hydrogen (secondary N) is 5. The molecule has 0 spiro atoms. The van der Waals surface area contributed by atoms with Gasteiger partial charge in [-0.1, -0.05) is 34.1 Å². The highest BCUT2D eigenvalue weighted by molar-refractivity contribution is 5.94. The smallest absolute Gasteiger partial charge is 0.326 e. The van der Waals surface area contributed by atoms with Crippen LogP contribution in [0.2, 0.25) is 0 Å². The summed E-state index contributed by atoms with van der Waals surface area (Å²) in [6.45, 7) is 7.28. The van der Waals surface area contributed by atoms with Crippen molar-refractivity contribution in [1.29, 1.82) is 0 Å². The Bertz CT molecular complexity index is 992. The average Bonchev–Trinajstić information content (AvgIpc) is 3.54. The summed E-state index contributed by atoms with van der Waals surface area (Å²) in [6, 6.07) is -4.13. The molecular formula is C23H36N8O5. The Hall–Kier alpha value is -3.74. The molecule has 0 bridgehead atoms. The third kappa shape index (κ3) is 8.18. The SMILES string of the molecule is CCC(C)C(NC(=O)C(N)C(C)C)C(=O)NC(Cc1cnc[nH]1)C(=O)NC(Cc1cnc[nH]1)C(=O)O. The maximum atomic E-state index is 13.3. The molecule has 2 rings (SSSR count). The summed E-state index contributed by atoms with van der Waals surface area (Å²) in [5.74, 6) is -3.36. The summed E-state index contributed by atoms with van der Waals surface area (Å²) in [6.07, 6.45) is 6.39. The van der Waals surface area contributed by atoms with E-state index in [1.807, 2.05) is 6.92 Å². The number of H-pyrrole nitrogens is 2. The standard InChI is InChI=1S/C23H36N8O5/c1-5-13(4)19(31-21(33)18(24)12(2)3)22(34)29-16(6-14-8-25-10-27-14)20(32)30-17(23(35)36)7-15-9-26-11-28-15/h8-13,16-19H,5-7,24H2,1-4H3,(H,25,27)(H,26,28)(H,29,34)(H,30,32)(H,31,33)(H,35,36). The summed E-state index contributed by atoms with van der Waals surface area (Å²) in [5.41, 5.74) is 7.03. The van der Waals surface area contributed by atoms with E-state index in [0.29, 0.717) is 17.8 Å². The maximum absolute atomic E-state index is 13.3. The number of carbonyl (C=O) groups is 4. The molecule has 0 fully saturated rings. The molecule has 2 aromatic heterocycles. The van der Waals surface area contributed by atoms with Crippen molar-refractivity contribution in [3.63, 3.8) is 0 Å². The zero-order chi connectivity index (χ0) is 26.8. The number of aliphatic carboxylic acids is 1. The van der Waals surface area contributed by atoms with Crippen molar-refractivity contribution in [2.75, 3.05) is 0 Å². The molecule has 2 aromatic rings. The molecule has 0 aliphatic rings. The number of hydrogen-bond donors (Lipinski definition) is 7. The Morgan fingerprint density at radius 2 is 1.42 bits per heavy atom.